The van der Waals surface area contributed by atoms with Gasteiger partial charge >= 0.3 is 6.41 Å². The third-order valence-corrected chi connectivity index (χ3v) is 4.54. The number of carbonyl (C=O) groups excluding carboxylic acids is 1. The third-order valence-electron chi connectivity index (χ3n) is 4.54. The monoisotopic (exact) mass is 336 g/mol. The van der Waals surface area contributed by atoms with Crippen LogP contribution in [0.2, 0.25) is 0 Å². The first-order valence-corrected chi connectivity index (χ1v) is 8.22. The van der Waals surface area contributed by atoms with Crippen LogP contribution in [0.1, 0.15) is 19.3 Å². The van der Waals surface area contributed by atoms with Crippen molar-refractivity contribution in [3.63, 3.8) is 0 Å². The van der Waals surface area contributed by atoms with E-state index in [-0.39, 0.29) is 12.1 Å². The molecule has 0 spiro atoms. The van der Waals surface area contributed by atoms with Crippen molar-refractivity contribution >= 4 is 29.1 Å². The van der Waals surface area contributed by atoms with Crippen LogP contribution in [0.5, 0.6) is 0 Å². The number of nitrogens with two attached hydrogens (primary N) is 1. The van der Waals surface area contributed by atoms with Gasteiger partial charge in [-0.15, -0.1) is 0 Å². The Hall–Kier alpha value is -3.16. The summed E-state index contributed by atoms with van der Waals surface area (Å²) in [5, 5.41) is 3.76. The van der Waals surface area contributed by atoms with Crippen LogP contribution in [0.15, 0.2) is 30.7 Å². The van der Waals surface area contributed by atoms with Gasteiger partial charge in [-0.1, -0.05) is 0 Å². The van der Waals surface area contributed by atoms with Crippen molar-refractivity contribution in [1.82, 2.24) is 25.3 Å². The van der Waals surface area contributed by atoms with Gasteiger partial charge in [0.25, 0.3) is 0 Å². The third kappa shape index (κ3) is 2.75. The van der Waals surface area contributed by atoms with Gasteiger partial charge in [-0.05, 0) is 31.4 Å². The molecule has 3 aromatic heterocycles. The fourth-order valence-corrected chi connectivity index (χ4v) is 3.44. The molecule has 1 aliphatic rings. The standard InChI is InChI=1S/C17H18N7O/c18-17-20-6-4-12(23-17)11-9-21-16-15(11)13(5-7-19-16)24-8-2-1-3-14(24)22-10-25/h4-7,9,14H,1-3,8H2,(H,19,21)(H,22,25)(H2,18,20,23). The predicted octanol–water partition coefficient (Wildman–Crippen LogP) is 1.58. The molecule has 3 aromatic rings. The molecular weight excluding hydrogens is 318 g/mol. The first-order chi connectivity index (χ1) is 12.3. The average molecular weight is 336 g/mol. The van der Waals surface area contributed by atoms with E-state index in [1.807, 2.05) is 24.7 Å². The molecular formula is C17H18N7O. The molecule has 1 saturated heterocycles. The van der Waals surface area contributed by atoms with Crippen LogP contribution < -0.4 is 16.0 Å². The van der Waals surface area contributed by atoms with Gasteiger partial charge in [0, 0.05) is 30.7 Å². The first-order valence-electron chi connectivity index (χ1n) is 8.22. The fourth-order valence-electron chi connectivity index (χ4n) is 3.44. The lowest BCUT2D eigenvalue weighted by Gasteiger charge is -2.37. The Morgan fingerprint density at radius 1 is 1.28 bits per heavy atom. The number of pyridine rings is 1. The van der Waals surface area contributed by atoms with Gasteiger partial charge in [0.2, 0.25) is 5.95 Å². The molecule has 1 atom stereocenters. The number of hydrogen-bond acceptors (Lipinski definition) is 6. The molecule has 0 aromatic carbocycles. The van der Waals surface area contributed by atoms with Gasteiger partial charge in [0.15, 0.2) is 0 Å². The van der Waals surface area contributed by atoms with Crippen molar-refractivity contribution in [2.45, 2.75) is 25.4 Å². The summed E-state index contributed by atoms with van der Waals surface area (Å²) in [5.41, 5.74) is 9.15. The lowest BCUT2D eigenvalue weighted by atomic mass is 10.0. The number of piperidine rings is 1. The highest BCUT2D eigenvalue weighted by Gasteiger charge is 2.25. The Balaban J connectivity index is 1.86. The maximum Gasteiger partial charge on any atom is 0.310 e. The van der Waals surface area contributed by atoms with E-state index in [0.29, 0.717) is 0 Å². The molecule has 1 fully saturated rings. The van der Waals surface area contributed by atoms with Crippen LogP contribution in [0.3, 0.4) is 0 Å². The van der Waals surface area contributed by atoms with Gasteiger partial charge < -0.3 is 20.9 Å². The Morgan fingerprint density at radius 3 is 3.00 bits per heavy atom. The van der Waals surface area contributed by atoms with Crippen LogP contribution in [-0.4, -0.2) is 39.1 Å². The lowest BCUT2D eigenvalue weighted by molar-refractivity contribution is 0.426. The second kappa shape index (κ2) is 6.39. The molecule has 0 aliphatic carbocycles. The zero-order chi connectivity index (χ0) is 17.2. The van der Waals surface area contributed by atoms with E-state index >= 15 is 0 Å². The average Bonchev–Trinajstić information content (AvgIpc) is 3.07. The van der Waals surface area contributed by atoms with Crippen LogP contribution in [0.25, 0.3) is 22.3 Å². The zero-order valence-electron chi connectivity index (χ0n) is 13.6. The largest absolute Gasteiger partial charge is 0.368 e. The predicted molar refractivity (Wildman–Crippen MR) is 95.3 cm³/mol. The molecule has 0 saturated carbocycles. The Kier molecular flexibility index (Phi) is 3.93. The molecule has 25 heavy (non-hydrogen) atoms. The lowest BCUT2D eigenvalue weighted by Crippen LogP contribution is -2.48. The molecule has 4 heterocycles. The number of aromatic amines is 1. The highest BCUT2D eigenvalue weighted by atomic mass is 16.1. The Morgan fingerprint density at radius 2 is 2.16 bits per heavy atom. The zero-order valence-corrected chi connectivity index (χ0v) is 13.6. The number of rotatable bonds is 4. The summed E-state index contributed by atoms with van der Waals surface area (Å²) in [6.45, 7) is 0.856. The van der Waals surface area contributed by atoms with Gasteiger partial charge in [-0.2, -0.15) is 0 Å². The minimum absolute atomic E-state index is 0.0740. The summed E-state index contributed by atoms with van der Waals surface area (Å²) in [6, 6.07) is 3.79. The Labute approximate surface area is 144 Å². The Bertz CT molecular complexity index is 907. The van der Waals surface area contributed by atoms with Gasteiger partial charge in [0.05, 0.1) is 16.8 Å². The van der Waals surface area contributed by atoms with E-state index in [0.717, 1.165) is 53.8 Å². The molecule has 8 heteroatoms. The van der Waals surface area contributed by atoms with Crippen LogP contribution in [-0.2, 0) is 4.79 Å². The van der Waals surface area contributed by atoms with E-state index in [1.165, 1.54) is 0 Å². The number of anilines is 2. The van der Waals surface area contributed by atoms with Crippen molar-refractivity contribution in [3.8, 4) is 11.3 Å². The van der Waals surface area contributed by atoms with E-state index < -0.39 is 0 Å². The van der Waals surface area contributed by atoms with Crippen LogP contribution >= 0.6 is 0 Å². The van der Waals surface area contributed by atoms with E-state index in [9.17, 15) is 4.79 Å². The van der Waals surface area contributed by atoms with E-state index in [1.54, 1.807) is 12.4 Å². The molecule has 1 unspecified atom stereocenters. The maximum atomic E-state index is 10.9. The smallest absolute Gasteiger partial charge is 0.310 e. The van der Waals surface area contributed by atoms with Crippen molar-refractivity contribution in [2.24, 2.45) is 0 Å². The van der Waals surface area contributed by atoms with Gasteiger partial charge in [-0.25, -0.2) is 15.0 Å². The summed E-state index contributed by atoms with van der Waals surface area (Å²) in [7, 11) is 0. The first kappa shape index (κ1) is 15.4. The van der Waals surface area contributed by atoms with Crippen LogP contribution in [0.4, 0.5) is 11.6 Å². The highest BCUT2D eigenvalue weighted by Crippen LogP contribution is 2.36. The molecule has 4 rings (SSSR count). The molecule has 1 radical (unpaired) electrons. The van der Waals surface area contributed by atoms with E-state index in [2.05, 4.69) is 30.2 Å². The second-order valence-corrected chi connectivity index (χ2v) is 6.01. The molecule has 1 aliphatic heterocycles. The van der Waals surface area contributed by atoms with Gasteiger partial charge in [0.1, 0.15) is 11.8 Å². The summed E-state index contributed by atoms with van der Waals surface area (Å²) in [6.07, 6.45) is 10.1. The number of fused-ring (bicyclic) bond motifs is 1. The number of aromatic nitrogens is 4. The maximum absolute atomic E-state index is 10.9. The highest BCUT2D eigenvalue weighted by molar-refractivity contribution is 6.02. The number of hydrogen-bond donors (Lipinski definition) is 3. The summed E-state index contributed by atoms with van der Waals surface area (Å²) in [5.74, 6) is 0.227. The quantitative estimate of drug-likeness (QED) is 0.623. The summed E-state index contributed by atoms with van der Waals surface area (Å²) >= 11 is 0. The molecule has 4 N–H and O–H groups in total. The SMILES string of the molecule is Nc1nccc(-c2c[nH]c3nccc(N4CCCCC4N[C]=O)c23)n1. The van der Waals surface area contributed by atoms with Crippen LogP contribution in [0, 0.1) is 0 Å². The van der Waals surface area contributed by atoms with E-state index in [4.69, 9.17) is 5.73 Å². The normalized spacial score (nSPS) is 17.6. The van der Waals surface area contributed by atoms with Crippen molar-refractivity contribution in [3.05, 3.63) is 30.7 Å². The molecule has 1 amide bonds. The number of nitrogen functional groups attached to an aromatic ring is 1. The number of nitrogens with one attached hydrogen (secondary N) is 2. The van der Waals surface area contributed by atoms with Gasteiger partial charge in [-0.3, -0.25) is 4.79 Å². The minimum Gasteiger partial charge on any atom is -0.368 e. The number of H-pyrrole nitrogens is 1. The minimum atomic E-state index is -0.0740. The van der Waals surface area contributed by atoms with Crippen molar-refractivity contribution in [2.75, 3.05) is 17.2 Å². The molecule has 0 bridgehead atoms. The number of nitrogens with zero attached hydrogens (tertiary/aromatic N) is 4. The topological polar surface area (TPSA) is 113 Å². The summed E-state index contributed by atoms with van der Waals surface area (Å²) < 4.78 is 0. The molecule has 8 nitrogen and oxygen atoms in total. The summed E-state index contributed by atoms with van der Waals surface area (Å²) in [4.78, 5) is 29.0. The van der Waals surface area contributed by atoms with Crippen molar-refractivity contribution in [1.29, 1.82) is 0 Å². The number of amides is 1. The fraction of sp³-hybridized carbons (Fsp3) is 0.294. The second-order valence-electron chi connectivity index (χ2n) is 6.01. The van der Waals surface area contributed by atoms with Crippen molar-refractivity contribution < 1.29 is 4.79 Å². The molecule has 127 valence electrons.